The Kier molecular flexibility index (Phi) is 4.60. The summed E-state index contributed by atoms with van der Waals surface area (Å²) < 4.78 is 0. The summed E-state index contributed by atoms with van der Waals surface area (Å²) in [6.07, 6.45) is 5.08. The number of aryl methyl sites for hydroxylation is 1. The van der Waals surface area contributed by atoms with Crippen LogP contribution in [0.2, 0.25) is 0 Å². The maximum absolute atomic E-state index is 5.90. The molecule has 0 bridgehead atoms. The van der Waals surface area contributed by atoms with Crippen LogP contribution in [0.4, 0.5) is 0 Å². The third-order valence-electron chi connectivity index (χ3n) is 3.87. The number of nitrogens with zero attached hydrogens (tertiary/aromatic N) is 1. The second-order valence-corrected chi connectivity index (χ2v) is 6.32. The van der Waals surface area contributed by atoms with Crippen LogP contribution in [0.1, 0.15) is 42.9 Å². The van der Waals surface area contributed by atoms with E-state index in [0.29, 0.717) is 12.1 Å². The number of nitrogens with two attached hydrogens (primary N) is 1. The van der Waals surface area contributed by atoms with Gasteiger partial charge in [0.05, 0.1) is 0 Å². The molecule has 2 N–H and O–H groups in total. The molecule has 0 spiro atoms. The molecule has 2 nitrogen and oxygen atoms in total. The summed E-state index contributed by atoms with van der Waals surface area (Å²) in [5.74, 6) is 0. The minimum atomic E-state index is 0.589. The van der Waals surface area contributed by atoms with Crippen LogP contribution in [0, 0.1) is 0 Å². The molecule has 0 saturated carbocycles. The second kappa shape index (κ2) is 5.98. The van der Waals surface area contributed by atoms with E-state index in [2.05, 4.69) is 30.9 Å². The SMILES string of the molecule is CCc1ccc(CN2C(C)CCCC2CN)s1. The zero-order chi connectivity index (χ0) is 12.3. The highest BCUT2D eigenvalue weighted by Gasteiger charge is 2.26. The van der Waals surface area contributed by atoms with E-state index in [0.717, 1.165) is 19.5 Å². The molecule has 0 aromatic carbocycles. The lowest BCUT2D eigenvalue weighted by Gasteiger charge is -2.40. The Labute approximate surface area is 109 Å². The predicted octanol–water partition coefficient (Wildman–Crippen LogP) is 3.01. The third-order valence-corrected chi connectivity index (χ3v) is 5.08. The monoisotopic (exact) mass is 252 g/mol. The van der Waals surface area contributed by atoms with E-state index in [4.69, 9.17) is 5.73 Å². The molecule has 2 atom stereocenters. The summed E-state index contributed by atoms with van der Waals surface area (Å²) in [7, 11) is 0. The quantitative estimate of drug-likeness (QED) is 0.892. The highest BCUT2D eigenvalue weighted by molar-refractivity contribution is 7.11. The van der Waals surface area contributed by atoms with Gasteiger partial charge in [0.25, 0.3) is 0 Å². The Bertz CT molecular complexity index is 348. The van der Waals surface area contributed by atoms with Crippen LogP contribution < -0.4 is 5.73 Å². The Morgan fingerprint density at radius 1 is 1.35 bits per heavy atom. The number of likely N-dealkylation sites (tertiary alicyclic amines) is 1. The summed E-state index contributed by atoms with van der Waals surface area (Å²) in [6, 6.07) is 5.83. The van der Waals surface area contributed by atoms with Gasteiger partial charge in [-0.15, -0.1) is 11.3 Å². The molecule has 2 rings (SSSR count). The normalized spacial score (nSPS) is 26.3. The maximum atomic E-state index is 5.90. The number of thiophene rings is 1. The molecule has 1 aromatic rings. The minimum Gasteiger partial charge on any atom is -0.329 e. The molecule has 0 radical (unpaired) electrons. The van der Waals surface area contributed by atoms with E-state index in [9.17, 15) is 0 Å². The van der Waals surface area contributed by atoms with E-state index in [1.165, 1.54) is 29.0 Å². The van der Waals surface area contributed by atoms with Gasteiger partial charge >= 0.3 is 0 Å². The van der Waals surface area contributed by atoms with Crippen LogP contribution in [0.5, 0.6) is 0 Å². The topological polar surface area (TPSA) is 29.3 Å². The zero-order valence-corrected chi connectivity index (χ0v) is 11.8. The summed E-state index contributed by atoms with van der Waals surface area (Å²) in [5.41, 5.74) is 5.90. The fourth-order valence-corrected chi connectivity index (χ4v) is 3.72. The molecular weight excluding hydrogens is 228 g/mol. The standard InChI is InChI=1S/C14H24N2S/c1-3-13-7-8-14(17-13)10-16-11(2)5-4-6-12(16)9-15/h7-8,11-12H,3-6,9-10,15H2,1-2H3. The van der Waals surface area contributed by atoms with Gasteiger partial charge in [0, 0.05) is 34.9 Å². The lowest BCUT2D eigenvalue weighted by atomic mass is 9.96. The van der Waals surface area contributed by atoms with Gasteiger partial charge < -0.3 is 5.73 Å². The van der Waals surface area contributed by atoms with Gasteiger partial charge in [-0.25, -0.2) is 0 Å². The van der Waals surface area contributed by atoms with E-state index in [1.54, 1.807) is 0 Å². The van der Waals surface area contributed by atoms with Gasteiger partial charge in [-0.2, -0.15) is 0 Å². The summed E-state index contributed by atoms with van der Waals surface area (Å²) in [4.78, 5) is 5.59. The molecule has 0 aliphatic carbocycles. The van der Waals surface area contributed by atoms with Crippen molar-refractivity contribution in [2.24, 2.45) is 5.73 Å². The van der Waals surface area contributed by atoms with Crippen molar-refractivity contribution in [3.63, 3.8) is 0 Å². The van der Waals surface area contributed by atoms with Crippen LogP contribution in [0.3, 0.4) is 0 Å². The van der Waals surface area contributed by atoms with E-state index >= 15 is 0 Å². The fraction of sp³-hybridized carbons (Fsp3) is 0.714. The molecule has 1 fully saturated rings. The van der Waals surface area contributed by atoms with E-state index in [1.807, 2.05) is 11.3 Å². The second-order valence-electron chi connectivity index (χ2n) is 5.06. The van der Waals surface area contributed by atoms with Crippen molar-refractivity contribution in [1.29, 1.82) is 0 Å². The van der Waals surface area contributed by atoms with Gasteiger partial charge in [0.1, 0.15) is 0 Å². The highest BCUT2D eigenvalue weighted by atomic mass is 32.1. The fourth-order valence-electron chi connectivity index (χ4n) is 2.76. The van der Waals surface area contributed by atoms with Crippen LogP contribution in [0.25, 0.3) is 0 Å². The lowest BCUT2D eigenvalue weighted by molar-refractivity contribution is 0.0904. The summed E-state index contributed by atoms with van der Waals surface area (Å²) >= 11 is 1.96. The molecule has 3 heteroatoms. The van der Waals surface area contributed by atoms with Crippen molar-refractivity contribution in [2.75, 3.05) is 6.54 Å². The molecule has 17 heavy (non-hydrogen) atoms. The molecular formula is C14H24N2S. The summed E-state index contributed by atoms with van der Waals surface area (Å²) in [6.45, 7) is 6.46. The lowest BCUT2D eigenvalue weighted by Crippen LogP contribution is -2.48. The average molecular weight is 252 g/mol. The number of hydrogen-bond acceptors (Lipinski definition) is 3. The molecule has 1 aliphatic rings. The first-order valence-electron chi connectivity index (χ1n) is 6.78. The first kappa shape index (κ1) is 13.1. The Morgan fingerprint density at radius 3 is 2.76 bits per heavy atom. The number of hydrogen-bond donors (Lipinski definition) is 1. The van der Waals surface area contributed by atoms with E-state index < -0.39 is 0 Å². The minimum absolute atomic E-state index is 0.589. The van der Waals surface area contributed by atoms with Crippen molar-refractivity contribution in [2.45, 2.75) is 58.2 Å². The molecule has 1 aliphatic heterocycles. The largest absolute Gasteiger partial charge is 0.329 e. The van der Waals surface area contributed by atoms with Gasteiger partial charge in [0.2, 0.25) is 0 Å². The number of piperidine rings is 1. The Morgan fingerprint density at radius 2 is 2.12 bits per heavy atom. The van der Waals surface area contributed by atoms with Crippen LogP contribution in [0.15, 0.2) is 12.1 Å². The Balaban J connectivity index is 2.03. The average Bonchev–Trinajstić information content (AvgIpc) is 2.79. The molecule has 2 unspecified atom stereocenters. The van der Waals surface area contributed by atoms with Gasteiger partial charge in [-0.1, -0.05) is 13.3 Å². The molecule has 0 amide bonds. The van der Waals surface area contributed by atoms with Crippen LogP contribution in [-0.2, 0) is 13.0 Å². The molecule has 1 saturated heterocycles. The van der Waals surface area contributed by atoms with Gasteiger partial charge in [0.15, 0.2) is 0 Å². The Hall–Kier alpha value is -0.380. The van der Waals surface area contributed by atoms with E-state index in [-0.39, 0.29) is 0 Å². The third kappa shape index (κ3) is 3.09. The molecule has 96 valence electrons. The van der Waals surface area contributed by atoms with Crippen molar-refractivity contribution in [3.05, 3.63) is 21.9 Å². The highest BCUT2D eigenvalue weighted by Crippen LogP contribution is 2.27. The van der Waals surface area contributed by atoms with Crippen molar-refractivity contribution in [1.82, 2.24) is 4.90 Å². The molecule has 1 aromatic heterocycles. The van der Waals surface area contributed by atoms with Crippen molar-refractivity contribution in [3.8, 4) is 0 Å². The smallest absolute Gasteiger partial charge is 0.0334 e. The van der Waals surface area contributed by atoms with Gasteiger partial charge in [-0.3, -0.25) is 4.90 Å². The van der Waals surface area contributed by atoms with Gasteiger partial charge in [-0.05, 0) is 38.3 Å². The summed E-state index contributed by atoms with van der Waals surface area (Å²) in [5, 5.41) is 0. The first-order chi connectivity index (χ1) is 8.24. The van der Waals surface area contributed by atoms with Crippen LogP contribution >= 0.6 is 11.3 Å². The van der Waals surface area contributed by atoms with Crippen molar-refractivity contribution >= 4 is 11.3 Å². The number of rotatable bonds is 4. The maximum Gasteiger partial charge on any atom is 0.0334 e. The van der Waals surface area contributed by atoms with Crippen molar-refractivity contribution < 1.29 is 0 Å². The molecule has 2 heterocycles. The first-order valence-corrected chi connectivity index (χ1v) is 7.59. The predicted molar refractivity (Wildman–Crippen MR) is 75.4 cm³/mol. The zero-order valence-electron chi connectivity index (χ0n) is 11.0. The van der Waals surface area contributed by atoms with Crippen LogP contribution in [-0.4, -0.2) is 23.5 Å².